The third kappa shape index (κ3) is 3.46. The summed E-state index contributed by atoms with van der Waals surface area (Å²) in [6, 6.07) is 17.6. The van der Waals surface area contributed by atoms with Crippen molar-refractivity contribution in [2.45, 2.75) is 11.8 Å². The lowest BCUT2D eigenvalue weighted by Crippen LogP contribution is -2.35. The summed E-state index contributed by atoms with van der Waals surface area (Å²) < 4.78 is 64.9. The Bertz CT molecular complexity index is 880. The van der Waals surface area contributed by atoms with Gasteiger partial charge in [-0.2, -0.15) is 17.6 Å². The number of para-hydroxylation sites is 2. The fourth-order valence-corrected chi connectivity index (χ4v) is 2.70. The Hall–Kier alpha value is -2.34. The third-order valence-corrected chi connectivity index (χ3v) is 4.33. The summed E-state index contributed by atoms with van der Waals surface area (Å²) in [6.45, 7) is 0. The van der Waals surface area contributed by atoms with Crippen LogP contribution in [0.15, 0.2) is 83.3 Å². The molecule has 3 aromatic carbocycles. The van der Waals surface area contributed by atoms with Crippen molar-refractivity contribution in [3.8, 4) is 11.5 Å². The molecule has 0 aliphatic carbocycles. The lowest BCUT2D eigenvalue weighted by atomic mass is 9.95. The first-order valence-corrected chi connectivity index (χ1v) is 8.46. The molecule has 3 aromatic rings. The molecule has 0 aliphatic heterocycles. The van der Waals surface area contributed by atoms with Gasteiger partial charge >= 0.3 is 11.8 Å². The van der Waals surface area contributed by atoms with Gasteiger partial charge in [-0.1, -0.05) is 58.4 Å². The van der Waals surface area contributed by atoms with Crippen molar-refractivity contribution in [1.82, 2.24) is 0 Å². The van der Waals surface area contributed by atoms with Crippen LogP contribution in [-0.4, -0.2) is 0 Å². The maximum Gasteiger partial charge on any atom is 0.343 e. The summed E-state index contributed by atoms with van der Waals surface area (Å²) in [5.41, 5.74) is -1.66. The molecular weight excluding hydrogens is 412 g/mol. The molecule has 0 unspecified atom stereocenters. The van der Waals surface area contributed by atoms with Crippen LogP contribution in [0, 0.1) is 0 Å². The predicted molar refractivity (Wildman–Crippen MR) is 94.9 cm³/mol. The van der Waals surface area contributed by atoms with Crippen LogP contribution >= 0.6 is 15.9 Å². The normalized spacial score (nSPS) is 12.0. The Morgan fingerprint density at radius 3 is 1.88 bits per heavy atom. The van der Waals surface area contributed by atoms with E-state index in [1.54, 1.807) is 30.3 Å². The molecule has 0 spiro atoms. The van der Waals surface area contributed by atoms with Crippen LogP contribution in [0.3, 0.4) is 0 Å². The molecule has 6 heteroatoms. The van der Waals surface area contributed by atoms with Gasteiger partial charge in [0, 0.05) is 10.0 Å². The van der Waals surface area contributed by atoms with Gasteiger partial charge in [0.15, 0.2) is 0 Å². The molecule has 26 heavy (non-hydrogen) atoms. The van der Waals surface area contributed by atoms with E-state index in [9.17, 15) is 17.6 Å². The zero-order valence-electron chi connectivity index (χ0n) is 13.3. The van der Waals surface area contributed by atoms with Crippen LogP contribution in [0.1, 0.15) is 11.1 Å². The van der Waals surface area contributed by atoms with Crippen molar-refractivity contribution in [3.63, 3.8) is 0 Å². The number of rotatable bonds is 5. The van der Waals surface area contributed by atoms with E-state index < -0.39 is 23.0 Å². The number of halogens is 5. The van der Waals surface area contributed by atoms with Gasteiger partial charge in [-0.05, 0) is 36.4 Å². The van der Waals surface area contributed by atoms with Gasteiger partial charge in [0.05, 0.1) is 5.56 Å². The highest BCUT2D eigenvalue weighted by Gasteiger charge is 2.59. The largest absolute Gasteiger partial charge is 0.457 e. The highest BCUT2D eigenvalue weighted by Crippen LogP contribution is 2.52. The fourth-order valence-electron chi connectivity index (χ4n) is 2.44. The first-order chi connectivity index (χ1) is 12.3. The van der Waals surface area contributed by atoms with Crippen LogP contribution in [0.25, 0.3) is 0 Å². The van der Waals surface area contributed by atoms with E-state index in [1.807, 2.05) is 0 Å². The first-order valence-electron chi connectivity index (χ1n) is 7.66. The standard InChI is InChI=1S/C20H13BrF4O/c21-15-12-10-14(11-13-15)19(22,23)20(24,25)17-8-4-5-9-18(17)26-16-6-2-1-3-7-16/h1-13H. The number of hydrogen-bond acceptors (Lipinski definition) is 1. The van der Waals surface area contributed by atoms with E-state index in [1.165, 1.54) is 30.3 Å². The minimum absolute atomic E-state index is 0.280. The number of alkyl halides is 4. The minimum Gasteiger partial charge on any atom is -0.457 e. The highest BCUT2D eigenvalue weighted by molar-refractivity contribution is 9.10. The number of ether oxygens (including phenoxy) is 1. The number of benzene rings is 3. The summed E-state index contributed by atoms with van der Waals surface area (Å²) in [5, 5.41) is 0. The van der Waals surface area contributed by atoms with Gasteiger partial charge in [-0.15, -0.1) is 0 Å². The predicted octanol–water partition coefficient (Wildman–Crippen LogP) is 7.13. The maximum absolute atomic E-state index is 14.8. The smallest absolute Gasteiger partial charge is 0.343 e. The fraction of sp³-hybridized carbons (Fsp3) is 0.100. The molecule has 0 fully saturated rings. The molecule has 0 amide bonds. The summed E-state index contributed by atoms with van der Waals surface area (Å²) in [7, 11) is 0. The minimum atomic E-state index is -4.47. The average Bonchev–Trinajstić information content (AvgIpc) is 2.63. The molecule has 0 radical (unpaired) electrons. The number of hydrogen-bond donors (Lipinski definition) is 0. The molecule has 1 nitrogen and oxygen atoms in total. The SMILES string of the molecule is FC(F)(c1ccc(Br)cc1)C(F)(F)c1ccccc1Oc1ccccc1. The molecule has 0 aliphatic rings. The molecule has 0 saturated heterocycles. The van der Waals surface area contributed by atoms with Crippen molar-refractivity contribution in [3.05, 3.63) is 94.5 Å². The van der Waals surface area contributed by atoms with E-state index in [0.717, 1.165) is 18.2 Å². The van der Waals surface area contributed by atoms with Crippen LogP contribution in [0.4, 0.5) is 17.6 Å². The maximum atomic E-state index is 14.8. The van der Waals surface area contributed by atoms with Gasteiger partial charge in [0.2, 0.25) is 0 Å². The van der Waals surface area contributed by atoms with E-state index >= 15 is 0 Å². The zero-order chi connectivity index (χ0) is 18.8. The van der Waals surface area contributed by atoms with Crippen LogP contribution in [0.5, 0.6) is 11.5 Å². The second kappa shape index (κ2) is 7.11. The molecule has 134 valence electrons. The van der Waals surface area contributed by atoms with Crippen molar-refractivity contribution in [1.29, 1.82) is 0 Å². The Morgan fingerprint density at radius 2 is 1.23 bits per heavy atom. The monoisotopic (exact) mass is 424 g/mol. The lowest BCUT2D eigenvalue weighted by molar-refractivity contribution is -0.224. The van der Waals surface area contributed by atoms with Gasteiger partial charge in [0.1, 0.15) is 11.5 Å². The molecule has 0 aromatic heterocycles. The van der Waals surface area contributed by atoms with E-state index in [-0.39, 0.29) is 11.5 Å². The Kier molecular flexibility index (Phi) is 5.05. The van der Waals surface area contributed by atoms with Gasteiger partial charge in [-0.25, -0.2) is 0 Å². The highest BCUT2D eigenvalue weighted by atomic mass is 79.9. The van der Waals surface area contributed by atoms with Gasteiger partial charge in [-0.3, -0.25) is 0 Å². The topological polar surface area (TPSA) is 9.23 Å². The zero-order valence-corrected chi connectivity index (χ0v) is 14.9. The molecule has 0 saturated carbocycles. The van der Waals surface area contributed by atoms with E-state index in [2.05, 4.69) is 15.9 Å². The molecule has 0 atom stereocenters. The van der Waals surface area contributed by atoms with Crippen molar-refractivity contribution >= 4 is 15.9 Å². The quantitative estimate of drug-likeness (QED) is 0.396. The van der Waals surface area contributed by atoms with E-state index in [0.29, 0.717) is 4.47 Å². The summed E-state index contributed by atoms with van der Waals surface area (Å²) >= 11 is 3.10. The Morgan fingerprint density at radius 1 is 0.654 bits per heavy atom. The van der Waals surface area contributed by atoms with Crippen molar-refractivity contribution in [2.24, 2.45) is 0 Å². The third-order valence-electron chi connectivity index (χ3n) is 3.80. The summed E-state index contributed by atoms with van der Waals surface area (Å²) in [5.74, 6) is -8.92. The molecule has 0 N–H and O–H groups in total. The molecule has 0 bridgehead atoms. The molecular formula is C20H13BrF4O. The van der Waals surface area contributed by atoms with Crippen LogP contribution in [-0.2, 0) is 11.8 Å². The molecule has 3 rings (SSSR count). The Labute approximate surface area is 156 Å². The lowest BCUT2D eigenvalue weighted by Gasteiger charge is -2.28. The summed E-state index contributed by atoms with van der Waals surface area (Å²) in [4.78, 5) is 0. The first kappa shape index (κ1) is 18.5. The van der Waals surface area contributed by atoms with Gasteiger partial charge < -0.3 is 4.74 Å². The second-order valence-corrected chi connectivity index (χ2v) is 6.48. The second-order valence-electron chi connectivity index (χ2n) is 5.57. The molecule has 0 heterocycles. The van der Waals surface area contributed by atoms with Gasteiger partial charge in [0.25, 0.3) is 0 Å². The summed E-state index contributed by atoms with van der Waals surface area (Å²) in [6.07, 6.45) is 0. The van der Waals surface area contributed by atoms with Crippen LogP contribution < -0.4 is 4.74 Å². The van der Waals surface area contributed by atoms with Crippen LogP contribution in [0.2, 0.25) is 0 Å². The Balaban J connectivity index is 2.02. The van der Waals surface area contributed by atoms with E-state index in [4.69, 9.17) is 4.74 Å². The van der Waals surface area contributed by atoms with Crippen molar-refractivity contribution in [2.75, 3.05) is 0 Å². The average molecular weight is 425 g/mol. The van der Waals surface area contributed by atoms with Crippen molar-refractivity contribution < 1.29 is 22.3 Å².